The fourth-order valence-electron chi connectivity index (χ4n) is 2.29. The Bertz CT molecular complexity index is 856. The zero-order valence-corrected chi connectivity index (χ0v) is 14.2. The highest BCUT2D eigenvalue weighted by molar-refractivity contribution is 7.18. The molecule has 0 bridgehead atoms. The summed E-state index contributed by atoms with van der Waals surface area (Å²) in [5.41, 5.74) is 3.50. The second-order valence-electron chi connectivity index (χ2n) is 5.22. The molecule has 3 rings (SSSR count). The third kappa shape index (κ3) is 3.57. The zero-order valence-electron chi connectivity index (χ0n) is 12.6. The van der Waals surface area contributed by atoms with Gasteiger partial charge < -0.3 is 0 Å². The third-order valence-corrected chi connectivity index (χ3v) is 4.44. The van der Waals surface area contributed by atoms with Gasteiger partial charge in [-0.3, -0.25) is 10.1 Å². The first-order chi connectivity index (χ1) is 11.0. The number of anilines is 1. The molecule has 116 valence electrons. The molecule has 0 aliphatic carbocycles. The molecule has 0 atom stereocenters. The molecule has 0 saturated heterocycles. The standard InChI is InChI=1S/C17H14ClN3OS/c1-10-7-11(2)9-12(8-10)15(22)19-17-21-20-16(23-17)13-5-3-4-6-14(13)18/h3-9H,1-2H3,(H,19,21,22). The van der Waals surface area contributed by atoms with Crippen LogP contribution in [0.1, 0.15) is 21.5 Å². The number of nitrogens with one attached hydrogen (secondary N) is 1. The maximum absolute atomic E-state index is 12.3. The van der Waals surface area contributed by atoms with Crippen molar-refractivity contribution in [1.82, 2.24) is 10.2 Å². The second kappa shape index (κ2) is 6.48. The van der Waals surface area contributed by atoms with Gasteiger partial charge in [0, 0.05) is 11.1 Å². The van der Waals surface area contributed by atoms with Crippen molar-refractivity contribution in [1.29, 1.82) is 0 Å². The van der Waals surface area contributed by atoms with Crippen LogP contribution >= 0.6 is 22.9 Å². The molecule has 1 N–H and O–H groups in total. The number of nitrogens with zero attached hydrogens (tertiary/aromatic N) is 2. The van der Waals surface area contributed by atoms with Gasteiger partial charge >= 0.3 is 0 Å². The maximum Gasteiger partial charge on any atom is 0.257 e. The average Bonchev–Trinajstić information content (AvgIpc) is 2.95. The van der Waals surface area contributed by atoms with Crippen LogP contribution in [-0.2, 0) is 0 Å². The molecule has 0 saturated carbocycles. The Morgan fingerprint density at radius 3 is 2.48 bits per heavy atom. The molecule has 2 aromatic carbocycles. The summed E-state index contributed by atoms with van der Waals surface area (Å²) in [4.78, 5) is 12.3. The van der Waals surface area contributed by atoms with E-state index in [1.54, 1.807) is 6.07 Å². The van der Waals surface area contributed by atoms with E-state index in [1.165, 1.54) is 11.3 Å². The molecule has 4 nitrogen and oxygen atoms in total. The van der Waals surface area contributed by atoms with Crippen molar-refractivity contribution in [2.24, 2.45) is 0 Å². The fourth-order valence-corrected chi connectivity index (χ4v) is 3.35. The first-order valence-corrected chi connectivity index (χ1v) is 8.20. The van der Waals surface area contributed by atoms with Gasteiger partial charge in [0.1, 0.15) is 0 Å². The van der Waals surface area contributed by atoms with Crippen LogP contribution in [0.2, 0.25) is 5.02 Å². The van der Waals surface area contributed by atoms with Crippen LogP contribution < -0.4 is 5.32 Å². The van der Waals surface area contributed by atoms with Crippen molar-refractivity contribution >= 4 is 34.0 Å². The molecule has 0 unspecified atom stereocenters. The molecule has 0 fully saturated rings. The first kappa shape index (κ1) is 15.6. The topological polar surface area (TPSA) is 54.9 Å². The number of amides is 1. The van der Waals surface area contributed by atoms with Gasteiger partial charge in [-0.05, 0) is 32.0 Å². The molecule has 1 heterocycles. The lowest BCUT2D eigenvalue weighted by molar-refractivity contribution is 0.102. The number of hydrogen-bond donors (Lipinski definition) is 1. The van der Waals surface area contributed by atoms with E-state index >= 15 is 0 Å². The van der Waals surface area contributed by atoms with E-state index in [2.05, 4.69) is 15.5 Å². The average molecular weight is 344 g/mol. The summed E-state index contributed by atoms with van der Waals surface area (Å²) in [6.45, 7) is 3.93. The van der Waals surface area contributed by atoms with Crippen molar-refractivity contribution in [3.05, 3.63) is 64.2 Å². The molecule has 0 aliphatic heterocycles. The Hall–Kier alpha value is -2.24. The Balaban J connectivity index is 1.82. The van der Waals surface area contributed by atoms with E-state index in [9.17, 15) is 4.79 Å². The van der Waals surface area contributed by atoms with Crippen LogP contribution in [0.4, 0.5) is 5.13 Å². The van der Waals surface area contributed by atoms with Crippen molar-refractivity contribution in [2.75, 3.05) is 5.32 Å². The molecule has 23 heavy (non-hydrogen) atoms. The van der Waals surface area contributed by atoms with Crippen LogP contribution in [0.3, 0.4) is 0 Å². The summed E-state index contributed by atoms with van der Waals surface area (Å²) >= 11 is 7.45. The zero-order chi connectivity index (χ0) is 16.4. The number of benzene rings is 2. The summed E-state index contributed by atoms with van der Waals surface area (Å²) in [5.74, 6) is -0.196. The molecule has 1 amide bonds. The lowest BCUT2D eigenvalue weighted by atomic mass is 10.1. The number of aryl methyl sites for hydroxylation is 2. The maximum atomic E-state index is 12.3. The highest BCUT2D eigenvalue weighted by atomic mass is 35.5. The third-order valence-electron chi connectivity index (χ3n) is 3.23. The van der Waals surface area contributed by atoms with Gasteiger partial charge in [0.2, 0.25) is 5.13 Å². The quantitative estimate of drug-likeness (QED) is 0.748. The number of carbonyl (C=O) groups is 1. The van der Waals surface area contributed by atoms with Crippen LogP contribution in [-0.4, -0.2) is 16.1 Å². The highest BCUT2D eigenvalue weighted by Gasteiger charge is 2.13. The first-order valence-electron chi connectivity index (χ1n) is 7.01. The van der Waals surface area contributed by atoms with Crippen LogP contribution in [0.25, 0.3) is 10.6 Å². The van der Waals surface area contributed by atoms with Gasteiger partial charge in [-0.2, -0.15) is 0 Å². The van der Waals surface area contributed by atoms with E-state index in [4.69, 9.17) is 11.6 Å². The second-order valence-corrected chi connectivity index (χ2v) is 6.61. The Labute approximate surface area is 143 Å². The molecular formula is C17H14ClN3OS. The molecule has 1 aromatic heterocycles. The van der Waals surface area contributed by atoms with Crippen LogP contribution in [0.5, 0.6) is 0 Å². The summed E-state index contributed by atoms with van der Waals surface area (Å²) in [5, 5.41) is 12.6. The number of carbonyl (C=O) groups excluding carboxylic acids is 1. The minimum absolute atomic E-state index is 0.196. The number of hydrogen-bond acceptors (Lipinski definition) is 4. The summed E-state index contributed by atoms with van der Waals surface area (Å²) in [7, 11) is 0. The van der Waals surface area contributed by atoms with Gasteiger partial charge in [-0.15, -0.1) is 10.2 Å². The largest absolute Gasteiger partial charge is 0.296 e. The van der Waals surface area contributed by atoms with Crippen molar-refractivity contribution in [3.8, 4) is 10.6 Å². The van der Waals surface area contributed by atoms with Crippen LogP contribution in [0.15, 0.2) is 42.5 Å². The van der Waals surface area contributed by atoms with Crippen molar-refractivity contribution in [3.63, 3.8) is 0 Å². The minimum Gasteiger partial charge on any atom is -0.296 e. The Kier molecular flexibility index (Phi) is 4.41. The van der Waals surface area contributed by atoms with Gasteiger partial charge in [0.25, 0.3) is 5.91 Å². The lowest BCUT2D eigenvalue weighted by Gasteiger charge is -2.04. The fraction of sp³-hybridized carbons (Fsp3) is 0.118. The smallest absolute Gasteiger partial charge is 0.257 e. The number of halogens is 1. The summed E-state index contributed by atoms with van der Waals surface area (Å²) in [6.07, 6.45) is 0. The SMILES string of the molecule is Cc1cc(C)cc(C(=O)Nc2nnc(-c3ccccc3Cl)s2)c1. The molecule has 0 aliphatic rings. The summed E-state index contributed by atoms with van der Waals surface area (Å²) < 4.78 is 0. The normalized spacial score (nSPS) is 10.6. The summed E-state index contributed by atoms with van der Waals surface area (Å²) in [6, 6.07) is 13.1. The van der Waals surface area contributed by atoms with E-state index in [0.29, 0.717) is 20.7 Å². The Morgan fingerprint density at radius 2 is 1.78 bits per heavy atom. The number of rotatable bonds is 3. The van der Waals surface area contributed by atoms with Gasteiger partial charge in [-0.1, -0.05) is 58.3 Å². The van der Waals surface area contributed by atoms with E-state index in [-0.39, 0.29) is 5.91 Å². The van der Waals surface area contributed by atoms with Crippen molar-refractivity contribution in [2.45, 2.75) is 13.8 Å². The highest BCUT2D eigenvalue weighted by Crippen LogP contribution is 2.31. The van der Waals surface area contributed by atoms with Gasteiger partial charge in [-0.25, -0.2) is 0 Å². The Morgan fingerprint density at radius 1 is 1.09 bits per heavy atom. The predicted molar refractivity (Wildman–Crippen MR) is 94.2 cm³/mol. The van der Waals surface area contributed by atoms with E-state index < -0.39 is 0 Å². The van der Waals surface area contributed by atoms with Crippen LogP contribution in [0, 0.1) is 13.8 Å². The lowest BCUT2D eigenvalue weighted by Crippen LogP contribution is -2.12. The minimum atomic E-state index is -0.196. The molecule has 0 spiro atoms. The molecule has 3 aromatic rings. The van der Waals surface area contributed by atoms with Gasteiger partial charge in [0.15, 0.2) is 5.01 Å². The van der Waals surface area contributed by atoms with E-state index in [1.807, 2.05) is 50.2 Å². The monoisotopic (exact) mass is 343 g/mol. The van der Waals surface area contributed by atoms with E-state index in [0.717, 1.165) is 16.7 Å². The predicted octanol–water partition coefficient (Wildman–Crippen LogP) is 4.73. The van der Waals surface area contributed by atoms with Crippen molar-refractivity contribution < 1.29 is 4.79 Å². The molecular weight excluding hydrogens is 330 g/mol. The number of aromatic nitrogens is 2. The van der Waals surface area contributed by atoms with Gasteiger partial charge in [0.05, 0.1) is 5.02 Å². The molecule has 0 radical (unpaired) electrons. The molecule has 6 heteroatoms.